The van der Waals surface area contributed by atoms with Gasteiger partial charge >= 0.3 is 0 Å². The van der Waals surface area contributed by atoms with Gasteiger partial charge in [-0.15, -0.1) is 0 Å². The van der Waals surface area contributed by atoms with Crippen molar-refractivity contribution >= 4 is 23.5 Å². The molecule has 4 aliphatic rings. The second kappa shape index (κ2) is 11.5. The number of thioether (sulfide) groups is 2. The molecule has 4 rings (SSSR count). The summed E-state index contributed by atoms with van der Waals surface area (Å²) in [5.74, 6) is 3.88. The van der Waals surface area contributed by atoms with Crippen LogP contribution in [-0.4, -0.2) is 66.8 Å². The first-order valence-corrected chi connectivity index (χ1v) is 16.8. The summed E-state index contributed by atoms with van der Waals surface area (Å²) in [5.41, 5.74) is 1.90. The second-order valence-corrected chi connectivity index (χ2v) is 16.3. The second-order valence-electron chi connectivity index (χ2n) is 13.6. The molecule has 4 aliphatic carbocycles. The summed E-state index contributed by atoms with van der Waals surface area (Å²) in [4.78, 5) is 0. The third-order valence-electron chi connectivity index (χ3n) is 10.9. The number of allylic oxidation sites excluding steroid dienone is 4. The van der Waals surface area contributed by atoms with Gasteiger partial charge in [-0.3, -0.25) is 0 Å². The highest BCUT2D eigenvalue weighted by Gasteiger charge is 2.58. The SMILES string of the molecule is CC[C@H]1CC[C@H]2C3=CC=C4CC(SCCC(C)(O)CO)CC(SCCC(C)(O)CO)[C@]4(C)[C@H]3CC[C@]12C. The highest BCUT2D eigenvalue weighted by molar-refractivity contribution is 8.00. The molecule has 0 bridgehead atoms. The van der Waals surface area contributed by atoms with Crippen LogP contribution in [0, 0.1) is 28.6 Å². The minimum absolute atomic E-state index is 0.138. The summed E-state index contributed by atoms with van der Waals surface area (Å²) in [6.45, 7) is 10.6. The van der Waals surface area contributed by atoms with Gasteiger partial charge in [0.2, 0.25) is 0 Å². The first-order valence-electron chi connectivity index (χ1n) is 14.7. The number of rotatable bonds is 11. The lowest BCUT2D eigenvalue weighted by Gasteiger charge is -2.57. The van der Waals surface area contributed by atoms with Crippen LogP contribution >= 0.6 is 23.5 Å². The molecule has 0 heterocycles. The van der Waals surface area contributed by atoms with Crippen LogP contribution < -0.4 is 0 Å². The van der Waals surface area contributed by atoms with E-state index in [0.717, 1.165) is 36.2 Å². The quantitative estimate of drug-likeness (QED) is 0.253. The molecule has 4 N–H and O–H groups in total. The van der Waals surface area contributed by atoms with Gasteiger partial charge in [-0.1, -0.05) is 50.5 Å². The summed E-state index contributed by atoms with van der Waals surface area (Å²) in [6, 6.07) is 0. The van der Waals surface area contributed by atoms with Crippen LogP contribution in [0.3, 0.4) is 0 Å². The highest BCUT2D eigenvalue weighted by Crippen LogP contribution is 2.66. The first-order chi connectivity index (χ1) is 17.4. The maximum absolute atomic E-state index is 10.5. The highest BCUT2D eigenvalue weighted by atomic mass is 32.2. The fraction of sp³-hybridized carbons (Fsp3) is 0.871. The summed E-state index contributed by atoms with van der Waals surface area (Å²) < 4.78 is 0. The molecular weight excluding hydrogens is 500 g/mol. The van der Waals surface area contributed by atoms with Crippen LogP contribution in [0.4, 0.5) is 0 Å². The molecule has 0 aromatic rings. The fourth-order valence-corrected chi connectivity index (χ4v) is 11.7. The lowest BCUT2D eigenvalue weighted by atomic mass is 9.50. The number of aliphatic hydroxyl groups excluding tert-OH is 2. The van der Waals surface area contributed by atoms with Gasteiger partial charge in [0, 0.05) is 15.9 Å². The van der Waals surface area contributed by atoms with Crippen molar-refractivity contribution in [2.45, 2.75) is 114 Å². The average molecular weight is 553 g/mol. The van der Waals surface area contributed by atoms with E-state index in [0.29, 0.717) is 34.7 Å². The van der Waals surface area contributed by atoms with Gasteiger partial charge in [0.05, 0.1) is 24.4 Å². The van der Waals surface area contributed by atoms with E-state index >= 15 is 0 Å². The van der Waals surface area contributed by atoms with Crippen LogP contribution in [-0.2, 0) is 0 Å². The molecule has 6 heteroatoms. The van der Waals surface area contributed by atoms with Gasteiger partial charge in [0.1, 0.15) is 0 Å². The number of hydrogen-bond acceptors (Lipinski definition) is 6. The van der Waals surface area contributed by atoms with E-state index in [1.807, 2.05) is 23.5 Å². The maximum atomic E-state index is 10.5. The first kappa shape index (κ1) is 30.0. The van der Waals surface area contributed by atoms with Gasteiger partial charge in [0.15, 0.2) is 0 Å². The Morgan fingerprint density at radius 2 is 1.57 bits per heavy atom. The zero-order valence-electron chi connectivity index (χ0n) is 23.8. The van der Waals surface area contributed by atoms with Crippen molar-refractivity contribution < 1.29 is 20.4 Å². The Bertz CT molecular complexity index is 867. The zero-order valence-corrected chi connectivity index (χ0v) is 25.5. The molecule has 0 amide bonds. The summed E-state index contributed by atoms with van der Waals surface area (Å²) in [5, 5.41) is 40.7. The normalized spacial score (nSPS) is 40.5. The lowest BCUT2D eigenvalue weighted by molar-refractivity contribution is -0.000273. The van der Waals surface area contributed by atoms with Crippen LogP contribution in [0.15, 0.2) is 23.3 Å². The average Bonchev–Trinajstić information content (AvgIpc) is 3.20. The van der Waals surface area contributed by atoms with Gasteiger partial charge < -0.3 is 20.4 Å². The third-order valence-corrected chi connectivity index (χ3v) is 13.7. The molecular formula is C31H52O4S2. The molecule has 3 fully saturated rings. The van der Waals surface area contributed by atoms with Crippen molar-refractivity contribution in [2.24, 2.45) is 28.6 Å². The predicted octanol–water partition coefficient (Wildman–Crippen LogP) is 5.98. The van der Waals surface area contributed by atoms with Crippen molar-refractivity contribution in [3.63, 3.8) is 0 Å². The van der Waals surface area contributed by atoms with Gasteiger partial charge in [-0.05, 0) is 99.9 Å². The standard InChI is InChI=1S/C31H52O4S2/c1-6-21-8-10-25-24-9-7-22-17-23(36-15-13-28(2,34)19-32)18-27(37-16-14-29(3,35)20-33)31(22,5)26(24)11-12-30(21,25)4/h7,9,21,23,25-27,32-35H,6,8,10-20H2,1-5H3/t21-,23?,25-,26-,27?,28?,29?,30+,31-/m0/s1. The number of fused-ring (bicyclic) bond motifs is 5. The summed E-state index contributed by atoms with van der Waals surface area (Å²) in [7, 11) is 0. The molecule has 0 radical (unpaired) electrons. The monoisotopic (exact) mass is 552 g/mol. The van der Waals surface area contributed by atoms with Crippen LogP contribution in [0.5, 0.6) is 0 Å². The van der Waals surface area contributed by atoms with Gasteiger partial charge in [0.25, 0.3) is 0 Å². The molecule has 0 aliphatic heterocycles. The Labute approximate surface area is 234 Å². The smallest absolute Gasteiger partial charge is 0.0857 e. The Kier molecular flexibility index (Phi) is 9.31. The summed E-state index contributed by atoms with van der Waals surface area (Å²) in [6.07, 6.45) is 15.1. The topological polar surface area (TPSA) is 80.9 Å². The molecule has 212 valence electrons. The van der Waals surface area contributed by atoms with Crippen LogP contribution in [0.25, 0.3) is 0 Å². The Morgan fingerprint density at radius 3 is 2.19 bits per heavy atom. The molecule has 9 atom stereocenters. The Balaban J connectivity index is 1.57. The minimum atomic E-state index is -1.02. The van der Waals surface area contributed by atoms with Crippen molar-refractivity contribution in [1.82, 2.24) is 0 Å². The van der Waals surface area contributed by atoms with E-state index in [2.05, 4.69) is 32.9 Å². The summed E-state index contributed by atoms with van der Waals surface area (Å²) >= 11 is 3.97. The van der Waals surface area contributed by atoms with Crippen LogP contribution in [0.2, 0.25) is 0 Å². The van der Waals surface area contributed by atoms with E-state index in [4.69, 9.17) is 0 Å². The van der Waals surface area contributed by atoms with Crippen molar-refractivity contribution in [2.75, 3.05) is 24.7 Å². The lowest BCUT2D eigenvalue weighted by Crippen LogP contribution is -2.51. The van der Waals surface area contributed by atoms with Crippen molar-refractivity contribution in [3.05, 3.63) is 23.3 Å². The van der Waals surface area contributed by atoms with E-state index in [1.165, 1.54) is 32.1 Å². The van der Waals surface area contributed by atoms with E-state index in [1.54, 1.807) is 25.0 Å². The van der Waals surface area contributed by atoms with E-state index < -0.39 is 11.2 Å². The number of hydrogen-bond donors (Lipinski definition) is 4. The molecule has 4 nitrogen and oxygen atoms in total. The maximum Gasteiger partial charge on any atom is 0.0857 e. The minimum Gasteiger partial charge on any atom is -0.393 e. The predicted molar refractivity (Wildman–Crippen MR) is 158 cm³/mol. The van der Waals surface area contributed by atoms with Crippen molar-refractivity contribution in [1.29, 1.82) is 0 Å². The van der Waals surface area contributed by atoms with Gasteiger partial charge in [-0.25, -0.2) is 0 Å². The Morgan fingerprint density at radius 1 is 0.919 bits per heavy atom. The van der Waals surface area contributed by atoms with Crippen LogP contribution in [0.1, 0.15) is 92.4 Å². The fourth-order valence-electron chi connectivity index (χ4n) is 8.18. The Hall–Kier alpha value is 0.0200. The molecule has 4 unspecified atom stereocenters. The van der Waals surface area contributed by atoms with Gasteiger partial charge in [-0.2, -0.15) is 23.5 Å². The molecule has 0 aromatic carbocycles. The molecule has 37 heavy (non-hydrogen) atoms. The zero-order chi connectivity index (χ0) is 27.1. The third kappa shape index (κ3) is 5.91. The largest absolute Gasteiger partial charge is 0.393 e. The van der Waals surface area contributed by atoms with E-state index in [9.17, 15) is 20.4 Å². The van der Waals surface area contributed by atoms with Crippen molar-refractivity contribution in [3.8, 4) is 0 Å². The molecule has 0 aromatic heterocycles. The number of aliphatic hydroxyl groups is 4. The molecule has 0 spiro atoms. The van der Waals surface area contributed by atoms with E-state index in [-0.39, 0.29) is 18.6 Å². The molecule has 0 saturated heterocycles. The molecule has 3 saturated carbocycles.